The van der Waals surface area contributed by atoms with Crippen LogP contribution in [-0.2, 0) is 16.1 Å². The van der Waals surface area contributed by atoms with Crippen molar-refractivity contribution < 1.29 is 14.7 Å². The van der Waals surface area contributed by atoms with E-state index in [9.17, 15) is 9.59 Å². The summed E-state index contributed by atoms with van der Waals surface area (Å²) >= 11 is 0. The maximum Gasteiger partial charge on any atom is 0.308 e. The number of likely N-dealkylation sites (tertiary alicyclic amines) is 1. The molecule has 7 heteroatoms. The summed E-state index contributed by atoms with van der Waals surface area (Å²) < 4.78 is 1.59. The molecule has 98 valence electrons. The van der Waals surface area contributed by atoms with Gasteiger partial charge in [0, 0.05) is 25.2 Å². The van der Waals surface area contributed by atoms with E-state index in [1.54, 1.807) is 28.9 Å². The molecule has 18 heavy (non-hydrogen) atoms. The molecule has 1 aromatic heterocycles. The van der Waals surface area contributed by atoms with Crippen molar-refractivity contribution in [2.75, 3.05) is 6.54 Å². The Morgan fingerprint density at radius 2 is 2.28 bits per heavy atom. The molecule has 1 aliphatic heterocycles. The number of carbonyl (C=O) groups excluding carboxylic acids is 1. The number of hydrogen-bond donors (Lipinski definition) is 1. The van der Waals surface area contributed by atoms with Crippen LogP contribution in [0.1, 0.15) is 19.8 Å². The van der Waals surface area contributed by atoms with Crippen LogP contribution in [0, 0.1) is 5.92 Å². The normalized spacial score (nSPS) is 23.3. The zero-order valence-electron chi connectivity index (χ0n) is 10.2. The van der Waals surface area contributed by atoms with Gasteiger partial charge in [-0.1, -0.05) is 5.21 Å². The number of hydrogen-bond acceptors (Lipinski definition) is 4. The summed E-state index contributed by atoms with van der Waals surface area (Å²) in [6, 6.07) is -0.231. The fraction of sp³-hybridized carbons (Fsp3) is 0.636. The van der Waals surface area contributed by atoms with Crippen molar-refractivity contribution >= 4 is 11.9 Å². The van der Waals surface area contributed by atoms with E-state index in [1.165, 1.54) is 0 Å². The van der Waals surface area contributed by atoms with Gasteiger partial charge in [0.1, 0.15) is 0 Å². The lowest BCUT2D eigenvalue weighted by Crippen LogP contribution is -2.38. The first-order valence-electron chi connectivity index (χ1n) is 5.96. The largest absolute Gasteiger partial charge is 0.481 e. The highest BCUT2D eigenvalue weighted by molar-refractivity contribution is 5.79. The molecule has 0 spiro atoms. The quantitative estimate of drug-likeness (QED) is 0.814. The Hall–Kier alpha value is -1.92. The molecular formula is C11H16N4O3. The summed E-state index contributed by atoms with van der Waals surface area (Å²) in [5.41, 5.74) is 0. The Bertz CT molecular complexity index is 432. The van der Waals surface area contributed by atoms with Gasteiger partial charge in [-0.15, -0.1) is 5.10 Å². The van der Waals surface area contributed by atoms with E-state index in [2.05, 4.69) is 10.3 Å². The highest BCUT2D eigenvalue weighted by Crippen LogP contribution is 2.24. The first-order valence-corrected chi connectivity index (χ1v) is 5.96. The van der Waals surface area contributed by atoms with Gasteiger partial charge in [0.25, 0.3) is 0 Å². The molecule has 1 aromatic rings. The number of amides is 1. The molecule has 1 aliphatic rings. The molecule has 0 radical (unpaired) electrons. The third kappa shape index (κ3) is 2.49. The fourth-order valence-electron chi connectivity index (χ4n) is 2.33. The van der Waals surface area contributed by atoms with Crippen LogP contribution in [0.15, 0.2) is 12.4 Å². The minimum absolute atomic E-state index is 0.0262. The zero-order valence-corrected chi connectivity index (χ0v) is 10.2. The molecule has 2 rings (SSSR count). The zero-order chi connectivity index (χ0) is 13.1. The molecule has 0 saturated carbocycles. The number of rotatable bonds is 4. The topological polar surface area (TPSA) is 88.3 Å². The Labute approximate surface area is 104 Å². The number of aliphatic carboxylic acids is 1. The summed E-state index contributed by atoms with van der Waals surface area (Å²) in [5, 5.41) is 16.4. The van der Waals surface area contributed by atoms with Crippen LogP contribution >= 0.6 is 0 Å². The Morgan fingerprint density at radius 3 is 2.83 bits per heavy atom. The molecule has 0 aromatic carbocycles. The Morgan fingerprint density at radius 1 is 1.50 bits per heavy atom. The molecule has 1 fully saturated rings. The number of carboxylic acids is 1. The van der Waals surface area contributed by atoms with Gasteiger partial charge in [0.2, 0.25) is 5.91 Å². The van der Waals surface area contributed by atoms with Crippen molar-refractivity contribution in [3.8, 4) is 0 Å². The van der Waals surface area contributed by atoms with Crippen molar-refractivity contribution in [1.29, 1.82) is 0 Å². The van der Waals surface area contributed by atoms with Crippen molar-refractivity contribution in [3.05, 3.63) is 12.4 Å². The lowest BCUT2D eigenvalue weighted by atomic mass is 10.0. The maximum absolute atomic E-state index is 12.0. The molecular weight excluding hydrogens is 236 g/mol. The predicted octanol–water partition coefficient (Wildman–Crippen LogP) is -0.0102. The van der Waals surface area contributed by atoms with E-state index in [0.29, 0.717) is 25.9 Å². The van der Waals surface area contributed by atoms with Crippen LogP contribution < -0.4 is 0 Å². The van der Waals surface area contributed by atoms with Crippen molar-refractivity contribution in [3.63, 3.8) is 0 Å². The minimum atomic E-state index is -0.825. The second-order valence-corrected chi connectivity index (χ2v) is 4.48. The molecule has 0 bridgehead atoms. The van der Waals surface area contributed by atoms with Gasteiger partial charge in [-0.25, -0.2) is 0 Å². The van der Waals surface area contributed by atoms with Crippen LogP contribution in [0.4, 0.5) is 0 Å². The van der Waals surface area contributed by atoms with E-state index in [-0.39, 0.29) is 11.9 Å². The summed E-state index contributed by atoms with van der Waals surface area (Å²) in [6.07, 6.45) is 4.11. The smallest absolute Gasteiger partial charge is 0.308 e. The van der Waals surface area contributed by atoms with Gasteiger partial charge in [-0.05, 0) is 13.3 Å². The molecule has 2 unspecified atom stereocenters. The highest BCUT2D eigenvalue weighted by atomic mass is 16.4. The molecule has 1 saturated heterocycles. The van der Waals surface area contributed by atoms with Crippen LogP contribution in [0.3, 0.4) is 0 Å². The predicted molar refractivity (Wildman–Crippen MR) is 61.6 cm³/mol. The first-order chi connectivity index (χ1) is 8.59. The lowest BCUT2D eigenvalue weighted by molar-refractivity contribution is -0.143. The van der Waals surface area contributed by atoms with E-state index in [4.69, 9.17) is 5.11 Å². The van der Waals surface area contributed by atoms with Gasteiger partial charge in [0.15, 0.2) is 0 Å². The first kappa shape index (κ1) is 12.5. The van der Waals surface area contributed by atoms with Crippen LogP contribution in [0.5, 0.6) is 0 Å². The van der Waals surface area contributed by atoms with E-state index < -0.39 is 11.9 Å². The second kappa shape index (κ2) is 5.16. The number of carbonyl (C=O) groups is 2. The average Bonchev–Trinajstić information content (AvgIpc) is 2.94. The van der Waals surface area contributed by atoms with Gasteiger partial charge in [-0.3, -0.25) is 14.3 Å². The van der Waals surface area contributed by atoms with Gasteiger partial charge in [-0.2, -0.15) is 0 Å². The van der Waals surface area contributed by atoms with Gasteiger partial charge < -0.3 is 10.0 Å². The van der Waals surface area contributed by atoms with Crippen LogP contribution in [0.2, 0.25) is 0 Å². The van der Waals surface area contributed by atoms with E-state index in [1.807, 2.05) is 0 Å². The number of nitrogens with zero attached hydrogens (tertiary/aromatic N) is 4. The van der Waals surface area contributed by atoms with Crippen LogP contribution in [0.25, 0.3) is 0 Å². The summed E-state index contributed by atoms with van der Waals surface area (Å²) in [4.78, 5) is 24.6. The molecule has 1 N–H and O–H groups in total. The van der Waals surface area contributed by atoms with Gasteiger partial charge >= 0.3 is 5.97 Å². The SMILES string of the molecule is CC1C(C(=O)O)CCN1C(=O)CCn1ccnn1. The Balaban J connectivity index is 1.88. The molecule has 2 heterocycles. The summed E-state index contributed by atoms with van der Waals surface area (Å²) in [6.45, 7) is 2.78. The molecule has 7 nitrogen and oxygen atoms in total. The fourth-order valence-corrected chi connectivity index (χ4v) is 2.33. The molecule has 0 aliphatic carbocycles. The third-order valence-electron chi connectivity index (χ3n) is 3.42. The third-order valence-corrected chi connectivity index (χ3v) is 3.42. The summed E-state index contributed by atoms with van der Waals surface area (Å²) in [7, 11) is 0. The van der Waals surface area contributed by atoms with E-state index in [0.717, 1.165) is 0 Å². The van der Waals surface area contributed by atoms with Crippen molar-refractivity contribution in [2.45, 2.75) is 32.4 Å². The Kier molecular flexibility index (Phi) is 3.59. The maximum atomic E-state index is 12.0. The number of aromatic nitrogens is 3. The van der Waals surface area contributed by atoms with Crippen molar-refractivity contribution in [2.24, 2.45) is 5.92 Å². The number of carboxylic acid groups (broad SMARTS) is 1. The number of aryl methyl sites for hydroxylation is 1. The molecule has 1 amide bonds. The average molecular weight is 252 g/mol. The van der Waals surface area contributed by atoms with Crippen LogP contribution in [-0.4, -0.2) is 49.5 Å². The minimum Gasteiger partial charge on any atom is -0.481 e. The van der Waals surface area contributed by atoms with Gasteiger partial charge in [0.05, 0.1) is 18.7 Å². The summed E-state index contributed by atoms with van der Waals surface area (Å²) in [5.74, 6) is -1.30. The second-order valence-electron chi connectivity index (χ2n) is 4.48. The molecule has 2 atom stereocenters. The standard InChI is InChI=1S/C11H16N4O3/c1-8-9(11(17)18)2-6-15(8)10(16)3-5-14-7-4-12-13-14/h4,7-9H,2-3,5-6H2,1H3,(H,17,18). The van der Waals surface area contributed by atoms with Crippen molar-refractivity contribution in [1.82, 2.24) is 19.9 Å². The lowest BCUT2D eigenvalue weighted by Gasteiger charge is -2.23. The van der Waals surface area contributed by atoms with E-state index >= 15 is 0 Å². The monoisotopic (exact) mass is 252 g/mol. The highest BCUT2D eigenvalue weighted by Gasteiger charge is 2.37.